The molecule has 1 aliphatic heterocycles. The van der Waals surface area contributed by atoms with E-state index in [0.29, 0.717) is 12.1 Å². The molecule has 0 aromatic carbocycles. The van der Waals surface area contributed by atoms with Gasteiger partial charge in [-0.1, -0.05) is 20.8 Å². The molecule has 84 valence electrons. The molecule has 0 spiro atoms. The number of rotatable bonds is 4. The van der Waals surface area contributed by atoms with E-state index in [4.69, 9.17) is 0 Å². The molecule has 2 atom stereocenters. The summed E-state index contributed by atoms with van der Waals surface area (Å²) in [6, 6.07) is 0.932. The molecule has 3 nitrogen and oxygen atoms in total. The van der Waals surface area contributed by atoms with Gasteiger partial charge in [-0.05, 0) is 18.9 Å². The molecule has 3 heteroatoms. The molecule has 1 heterocycles. The standard InChI is InChI=1S/C11H24N2O/c1-4-13-7-10(5-9(2)3)12-6-11(13)8-14/h9-12,14H,4-8H2,1-3H3. The van der Waals surface area contributed by atoms with Crippen molar-refractivity contribution in [2.24, 2.45) is 5.92 Å². The van der Waals surface area contributed by atoms with Crippen LogP contribution in [0.2, 0.25) is 0 Å². The normalized spacial score (nSPS) is 29.8. The number of piperazine rings is 1. The molecule has 1 aliphatic rings. The van der Waals surface area contributed by atoms with Gasteiger partial charge in [-0.2, -0.15) is 0 Å². The zero-order valence-corrected chi connectivity index (χ0v) is 9.66. The van der Waals surface area contributed by atoms with Crippen LogP contribution >= 0.6 is 0 Å². The monoisotopic (exact) mass is 200 g/mol. The molecule has 2 N–H and O–H groups in total. The third kappa shape index (κ3) is 3.23. The third-order valence-corrected chi connectivity index (χ3v) is 2.99. The quantitative estimate of drug-likeness (QED) is 0.701. The van der Waals surface area contributed by atoms with Gasteiger partial charge in [0.05, 0.1) is 6.61 Å². The van der Waals surface area contributed by atoms with Gasteiger partial charge in [-0.3, -0.25) is 4.90 Å². The van der Waals surface area contributed by atoms with Gasteiger partial charge in [0.2, 0.25) is 0 Å². The van der Waals surface area contributed by atoms with E-state index in [1.807, 2.05) is 0 Å². The van der Waals surface area contributed by atoms with Crippen LogP contribution in [-0.2, 0) is 0 Å². The maximum Gasteiger partial charge on any atom is 0.0599 e. The third-order valence-electron chi connectivity index (χ3n) is 2.99. The predicted octanol–water partition coefficient (Wildman–Crippen LogP) is 0.687. The lowest BCUT2D eigenvalue weighted by molar-refractivity contribution is 0.0807. The van der Waals surface area contributed by atoms with Gasteiger partial charge in [0, 0.05) is 25.2 Å². The van der Waals surface area contributed by atoms with Crippen LogP contribution in [-0.4, -0.2) is 48.3 Å². The Hall–Kier alpha value is -0.120. The second kappa shape index (κ2) is 5.69. The second-order valence-electron chi connectivity index (χ2n) is 4.66. The Morgan fingerprint density at radius 2 is 2.21 bits per heavy atom. The summed E-state index contributed by atoms with van der Waals surface area (Å²) in [6.07, 6.45) is 1.23. The fourth-order valence-corrected chi connectivity index (χ4v) is 2.22. The molecule has 0 aromatic rings. The Bertz CT molecular complexity index is 161. The van der Waals surface area contributed by atoms with E-state index >= 15 is 0 Å². The highest BCUT2D eigenvalue weighted by molar-refractivity contribution is 4.85. The molecule has 0 aromatic heterocycles. The Labute approximate surface area is 87.5 Å². The van der Waals surface area contributed by atoms with Crippen LogP contribution in [0.3, 0.4) is 0 Å². The van der Waals surface area contributed by atoms with Gasteiger partial charge in [0.15, 0.2) is 0 Å². The first-order valence-corrected chi connectivity index (χ1v) is 5.75. The average molecular weight is 200 g/mol. The second-order valence-corrected chi connectivity index (χ2v) is 4.66. The van der Waals surface area contributed by atoms with Crippen molar-refractivity contribution in [2.45, 2.75) is 39.3 Å². The number of aliphatic hydroxyl groups excluding tert-OH is 1. The van der Waals surface area contributed by atoms with E-state index < -0.39 is 0 Å². The highest BCUT2D eigenvalue weighted by atomic mass is 16.3. The number of hydrogen-bond acceptors (Lipinski definition) is 3. The zero-order chi connectivity index (χ0) is 10.6. The molecule has 14 heavy (non-hydrogen) atoms. The van der Waals surface area contributed by atoms with E-state index in [2.05, 4.69) is 31.0 Å². The SMILES string of the molecule is CCN1CC(CC(C)C)NCC1CO. The van der Waals surface area contributed by atoms with Crippen molar-refractivity contribution in [2.75, 3.05) is 26.2 Å². The van der Waals surface area contributed by atoms with Gasteiger partial charge in [0.1, 0.15) is 0 Å². The minimum Gasteiger partial charge on any atom is -0.395 e. The molecule has 1 rings (SSSR count). The van der Waals surface area contributed by atoms with Crippen molar-refractivity contribution in [1.29, 1.82) is 0 Å². The van der Waals surface area contributed by atoms with Crippen LogP contribution in [0.15, 0.2) is 0 Å². The lowest BCUT2D eigenvalue weighted by Crippen LogP contribution is -2.57. The van der Waals surface area contributed by atoms with Crippen molar-refractivity contribution >= 4 is 0 Å². The first-order valence-electron chi connectivity index (χ1n) is 5.75. The van der Waals surface area contributed by atoms with Crippen molar-refractivity contribution < 1.29 is 5.11 Å². The molecular formula is C11H24N2O. The Kier molecular flexibility index (Phi) is 4.85. The largest absolute Gasteiger partial charge is 0.395 e. The van der Waals surface area contributed by atoms with Crippen LogP contribution in [0.5, 0.6) is 0 Å². The molecule has 0 saturated carbocycles. The van der Waals surface area contributed by atoms with Gasteiger partial charge in [0.25, 0.3) is 0 Å². The van der Waals surface area contributed by atoms with E-state index in [9.17, 15) is 5.11 Å². The molecule has 2 unspecified atom stereocenters. The van der Waals surface area contributed by atoms with E-state index in [1.54, 1.807) is 0 Å². The van der Waals surface area contributed by atoms with Crippen molar-refractivity contribution in [3.8, 4) is 0 Å². The number of hydrogen-bond donors (Lipinski definition) is 2. The Morgan fingerprint density at radius 1 is 1.50 bits per heavy atom. The molecule has 0 amide bonds. The summed E-state index contributed by atoms with van der Waals surface area (Å²) < 4.78 is 0. The Morgan fingerprint density at radius 3 is 2.71 bits per heavy atom. The van der Waals surface area contributed by atoms with Gasteiger partial charge >= 0.3 is 0 Å². The van der Waals surface area contributed by atoms with Crippen molar-refractivity contribution in [3.05, 3.63) is 0 Å². The van der Waals surface area contributed by atoms with Crippen LogP contribution in [0.4, 0.5) is 0 Å². The summed E-state index contributed by atoms with van der Waals surface area (Å²) in [7, 11) is 0. The van der Waals surface area contributed by atoms with Gasteiger partial charge in [-0.25, -0.2) is 0 Å². The summed E-state index contributed by atoms with van der Waals surface area (Å²) in [6.45, 7) is 10.0. The fourth-order valence-electron chi connectivity index (χ4n) is 2.22. The molecule has 0 radical (unpaired) electrons. The van der Waals surface area contributed by atoms with E-state index in [-0.39, 0.29) is 6.61 Å². The lowest BCUT2D eigenvalue weighted by atomic mass is 10.00. The minimum atomic E-state index is 0.273. The number of likely N-dealkylation sites (N-methyl/N-ethyl adjacent to an activating group) is 1. The zero-order valence-electron chi connectivity index (χ0n) is 9.66. The average Bonchev–Trinajstić information content (AvgIpc) is 2.16. The summed E-state index contributed by atoms with van der Waals surface area (Å²) >= 11 is 0. The summed E-state index contributed by atoms with van der Waals surface area (Å²) in [5.41, 5.74) is 0. The topological polar surface area (TPSA) is 35.5 Å². The first kappa shape index (κ1) is 12.0. The van der Waals surface area contributed by atoms with Gasteiger partial charge < -0.3 is 10.4 Å². The highest BCUT2D eigenvalue weighted by Crippen LogP contribution is 2.12. The number of nitrogens with zero attached hydrogens (tertiary/aromatic N) is 1. The Balaban J connectivity index is 2.40. The summed E-state index contributed by atoms with van der Waals surface area (Å²) in [4.78, 5) is 2.38. The lowest BCUT2D eigenvalue weighted by Gasteiger charge is -2.39. The molecular weight excluding hydrogens is 176 g/mol. The maximum atomic E-state index is 9.18. The van der Waals surface area contributed by atoms with Crippen molar-refractivity contribution in [3.63, 3.8) is 0 Å². The molecule has 1 fully saturated rings. The van der Waals surface area contributed by atoms with Crippen LogP contribution in [0.25, 0.3) is 0 Å². The van der Waals surface area contributed by atoms with Crippen LogP contribution < -0.4 is 5.32 Å². The van der Waals surface area contributed by atoms with Gasteiger partial charge in [-0.15, -0.1) is 0 Å². The fraction of sp³-hybridized carbons (Fsp3) is 1.00. The van der Waals surface area contributed by atoms with Crippen LogP contribution in [0.1, 0.15) is 27.2 Å². The predicted molar refractivity (Wildman–Crippen MR) is 59.4 cm³/mol. The molecule has 1 saturated heterocycles. The number of nitrogens with one attached hydrogen (secondary N) is 1. The van der Waals surface area contributed by atoms with Crippen LogP contribution in [0, 0.1) is 5.92 Å². The molecule has 0 aliphatic carbocycles. The number of aliphatic hydroxyl groups is 1. The summed E-state index contributed by atoms with van der Waals surface area (Å²) in [5, 5.41) is 12.7. The van der Waals surface area contributed by atoms with E-state index in [0.717, 1.165) is 25.6 Å². The van der Waals surface area contributed by atoms with Crippen molar-refractivity contribution in [1.82, 2.24) is 10.2 Å². The summed E-state index contributed by atoms with van der Waals surface area (Å²) in [5.74, 6) is 0.747. The minimum absolute atomic E-state index is 0.273. The first-order chi connectivity index (χ1) is 6.67. The maximum absolute atomic E-state index is 9.18. The smallest absolute Gasteiger partial charge is 0.0599 e. The van der Waals surface area contributed by atoms with E-state index in [1.165, 1.54) is 6.42 Å². The highest BCUT2D eigenvalue weighted by Gasteiger charge is 2.26. The molecule has 0 bridgehead atoms.